The Kier molecular flexibility index (Phi) is 5.38. The molecule has 1 saturated carbocycles. The maximum atomic E-state index is 12.3. The van der Waals surface area contributed by atoms with Crippen molar-refractivity contribution in [2.75, 3.05) is 20.2 Å². The number of nitrogens with zero attached hydrogens (tertiary/aromatic N) is 3. The summed E-state index contributed by atoms with van der Waals surface area (Å²) in [4.78, 5) is 19.1. The van der Waals surface area contributed by atoms with E-state index in [2.05, 4.69) is 17.3 Å². The Morgan fingerprint density at radius 3 is 2.93 bits per heavy atom. The largest absolute Gasteiger partial charge is 0.497 e. The zero-order chi connectivity index (χ0) is 19.6. The van der Waals surface area contributed by atoms with Crippen LogP contribution in [0.2, 0.25) is 0 Å². The summed E-state index contributed by atoms with van der Waals surface area (Å²) in [5.74, 6) is 2.68. The molecule has 1 amide bonds. The summed E-state index contributed by atoms with van der Waals surface area (Å²) >= 11 is 0. The van der Waals surface area contributed by atoms with Gasteiger partial charge in [0, 0.05) is 19.5 Å². The van der Waals surface area contributed by atoms with Crippen LogP contribution < -0.4 is 4.74 Å². The van der Waals surface area contributed by atoms with E-state index in [9.17, 15) is 4.79 Å². The van der Waals surface area contributed by atoms with E-state index in [1.807, 2.05) is 24.0 Å². The van der Waals surface area contributed by atoms with Crippen molar-refractivity contribution in [1.82, 2.24) is 15.0 Å². The predicted octanol–water partition coefficient (Wildman–Crippen LogP) is 4.05. The highest BCUT2D eigenvalue weighted by Crippen LogP contribution is 2.48. The van der Waals surface area contributed by atoms with Crippen molar-refractivity contribution in [2.24, 2.45) is 0 Å². The molecule has 0 spiro atoms. The molecule has 150 valence electrons. The van der Waals surface area contributed by atoms with Gasteiger partial charge in [-0.25, -0.2) is 0 Å². The average Bonchev–Trinajstić information content (AvgIpc) is 3.18. The molecule has 1 aliphatic heterocycles. The molecule has 1 aromatic heterocycles. The molecule has 2 aromatic rings. The van der Waals surface area contributed by atoms with Gasteiger partial charge in [0.25, 0.3) is 0 Å². The molecule has 2 aliphatic rings. The molecule has 0 bridgehead atoms. The first kappa shape index (κ1) is 19.0. The highest BCUT2D eigenvalue weighted by Gasteiger charge is 2.45. The molecule has 6 heteroatoms. The Balaban J connectivity index is 1.55. The normalized spacial score (nSPS) is 21.2. The molecule has 2 fully saturated rings. The molecule has 6 nitrogen and oxygen atoms in total. The fraction of sp³-hybridized carbons (Fsp3) is 0.591. The molecule has 1 aromatic carbocycles. The molecule has 1 aliphatic carbocycles. The zero-order valence-electron chi connectivity index (χ0n) is 16.8. The number of amides is 1. The first-order valence-corrected chi connectivity index (χ1v) is 10.4. The maximum absolute atomic E-state index is 12.3. The molecule has 28 heavy (non-hydrogen) atoms. The molecule has 0 radical (unpaired) electrons. The van der Waals surface area contributed by atoms with Crippen LogP contribution in [0.3, 0.4) is 0 Å². The molecule has 1 atom stereocenters. The van der Waals surface area contributed by atoms with Crippen molar-refractivity contribution >= 4 is 5.91 Å². The van der Waals surface area contributed by atoms with Crippen LogP contribution >= 0.6 is 0 Å². The van der Waals surface area contributed by atoms with Crippen LogP contribution in [-0.2, 0) is 10.2 Å². The lowest BCUT2D eigenvalue weighted by atomic mass is 9.64. The van der Waals surface area contributed by atoms with E-state index in [0.29, 0.717) is 18.9 Å². The SMILES string of the molecule is CCCC(=O)N1CCCC(c2nc(C3(c4cccc(OC)c4)CCC3)no2)C1. The van der Waals surface area contributed by atoms with Crippen molar-refractivity contribution in [3.05, 3.63) is 41.5 Å². The number of aromatic nitrogens is 2. The molecule has 2 heterocycles. The molecular formula is C22H29N3O3. The number of ether oxygens (including phenoxy) is 1. The summed E-state index contributed by atoms with van der Waals surface area (Å²) in [6.07, 6.45) is 6.66. The first-order chi connectivity index (χ1) is 13.7. The van der Waals surface area contributed by atoms with Crippen LogP contribution in [0, 0.1) is 0 Å². The standard InChI is InChI=1S/C22H29N3O3/c1-3-7-19(26)25-13-5-8-16(15-25)20-23-21(24-28-20)22(11-6-12-22)17-9-4-10-18(14-17)27-2/h4,9-10,14,16H,3,5-8,11-13,15H2,1-2H3. The average molecular weight is 383 g/mol. The van der Waals surface area contributed by atoms with E-state index < -0.39 is 0 Å². The van der Waals surface area contributed by atoms with Gasteiger partial charge in [0.05, 0.1) is 18.4 Å². The van der Waals surface area contributed by atoms with Crippen molar-refractivity contribution in [3.63, 3.8) is 0 Å². The second-order valence-electron chi connectivity index (χ2n) is 8.05. The predicted molar refractivity (Wildman–Crippen MR) is 105 cm³/mol. The van der Waals surface area contributed by atoms with Gasteiger partial charge in [0.2, 0.25) is 11.8 Å². The Labute approximate surface area is 166 Å². The van der Waals surface area contributed by atoms with Crippen LogP contribution in [-0.4, -0.2) is 41.1 Å². The van der Waals surface area contributed by atoms with E-state index in [1.54, 1.807) is 7.11 Å². The van der Waals surface area contributed by atoms with Gasteiger partial charge >= 0.3 is 0 Å². The number of methoxy groups -OCH3 is 1. The van der Waals surface area contributed by atoms with Gasteiger partial charge < -0.3 is 14.2 Å². The summed E-state index contributed by atoms with van der Waals surface area (Å²) in [6.45, 7) is 3.57. The molecule has 1 unspecified atom stereocenters. The Morgan fingerprint density at radius 2 is 2.21 bits per heavy atom. The Morgan fingerprint density at radius 1 is 1.36 bits per heavy atom. The summed E-state index contributed by atoms with van der Waals surface area (Å²) in [6, 6.07) is 8.19. The second kappa shape index (κ2) is 7.94. The van der Waals surface area contributed by atoms with Crippen molar-refractivity contribution < 1.29 is 14.1 Å². The third-order valence-corrected chi connectivity index (χ3v) is 6.29. The van der Waals surface area contributed by atoms with E-state index in [4.69, 9.17) is 14.2 Å². The number of hydrogen-bond donors (Lipinski definition) is 0. The molecule has 4 rings (SSSR count). The number of carbonyl (C=O) groups is 1. The lowest BCUT2D eigenvalue weighted by Gasteiger charge is -2.39. The number of hydrogen-bond acceptors (Lipinski definition) is 5. The summed E-state index contributed by atoms with van der Waals surface area (Å²) in [7, 11) is 1.69. The minimum absolute atomic E-state index is 0.137. The van der Waals surface area contributed by atoms with E-state index in [0.717, 1.165) is 56.6 Å². The third kappa shape index (κ3) is 3.40. The number of carbonyl (C=O) groups excluding carboxylic acids is 1. The second-order valence-corrected chi connectivity index (χ2v) is 8.05. The topological polar surface area (TPSA) is 68.5 Å². The quantitative estimate of drug-likeness (QED) is 0.753. The minimum atomic E-state index is -0.178. The van der Waals surface area contributed by atoms with Crippen molar-refractivity contribution in [3.8, 4) is 5.75 Å². The summed E-state index contributed by atoms with van der Waals surface area (Å²) in [5.41, 5.74) is 1.01. The first-order valence-electron chi connectivity index (χ1n) is 10.4. The van der Waals surface area contributed by atoms with Gasteiger partial charge in [-0.3, -0.25) is 4.79 Å². The zero-order valence-corrected chi connectivity index (χ0v) is 16.8. The smallest absolute Gasteiger partial charge is 0.231 e. The van der Waals surface area contributed by atoms with Crippen LogP contribution in [0.4, 0.5) is 0 Å². The molecular weight excluding hydrogens is 354 g/mol. The summed E-state index contributed by atoms with van der Waals surface area (Å²) < 4.78 is 11.1. The van der Waals surface area contributed by atoms with E-state index in [-0.39, 0.29) is 17.2 Å². The highest BCUT2D eigenvalue weighted by atomic mass is 16.5. The van der Waals surface area contributed by atoms with Crippen LogP contribution in [0.15, 0.2) is 28.8 Å². The monoisotopic (exact) mass is 383 g/mol. The minimum Gasteiger partial charge on any atom is -0.497 e. The van der Waals surface area contributed by atoms with Crippen LogP contribution in [0.1, 0.15) is 75.1 Å². The lowest BCUT2D eigenvalue weighted by molar-refractivity contribution is -0.132. The van der Waals surface area contributed by atoms with Crippen molar-refractivity contribution in [1.29, 1.82) is 0 Å². The van der Waals surface area contributed by atoms with Gasteiger partial charge in [0.15, 0.2) is 5.82 Å². The third-order valence-electron chi connectivity index (χ3n) is 6.29. The van der Waals surface area contributed by atoms with Crippen LogP contribution in [0.5, 0.6) is 5.75 Å². The number of rotatable bonds is 6. The van der Waals surface area contributed by atoms with Crippen molar-refractivity contribution in [2.45, 2.75) is 63.2 Å². The van der Waals surface area contributed by atoms with Gasteiger partial charge in [-0.2, -0.15) is 4.98 Å². The Hall–Kier alpha value is -2.37. The van der Waals surface area contributed by atoms with Crippen LogP contribution in [0.25, 0.3) is 0 Å². The highest BCUT2D eigenvalue weighted by molar-refractivity contribution is 5.76. The molecule has 0 N–H and O–H groups in total. The van der Waals surface area contributed by atoms with E-state index in [1.165, 1.54) is 5.56 Å². The van der Waals surface area contributed by atoms with Gasteiger partial charge in [-0.1, -0.05) is 30.6 Å². The maximum Gasteiger partial charge on any atom is 0.231 e. The fourth-order valence-corrected chi connectivity index (χ4v) is 4.47. The summed E-state index contributed by atoms with van der Waals surface area (Å²) in [5, 5.41) is 4.39. The lowest BCUT2D eigenvalue weighted by Crippen LogP contribution is -2.39. The number of benzene rings is 1. The number of piperidine rings is 1. The van der Waals surface area contributed by atoms with Gasteiger partial charge in [0.1, 0.15) is 5.75 Å². The van der Waals surface area contributed by atoms with Gasteiger partial charge in [-0.15, -0.1) is 0 Å². The number of likely N-dealkylation sites (tertiary alicyclic amines) is 1. The fourth-order valence-electron chi connectivity index (χ4n) is 4.47. The van der Waals surface area contributed by atoms with Gasteiger partial charge in [-0.05, 0) is 49.8 Å². The Bertz CT molecular complexity index is 828. The van der Waals surface area contributed by atoms with E-state index >= 15 is 0 Å². The molecule has 1 saturated heterocycles.